The van der Waals surface area contributed by atoms with Crippen LogP contribution < -0.4 is 46.1 Å². The molecule has 39 heteroatoms. The summed E-state index contributed by atoms with van der Waals surface area (Å²) in [5.74, 6) is 4.90. The summed E-state index contributed by atoms with van der Waals surface area (Å²) in [6.45, 7) is 38.4. The fraction of sp³-hybridized carbons (Fsp3) is 0.576. The lowest BCUT2D eigenvalue weighted by molar-refractivity contribution is 0.0355. The van der Waals surface area contributed by atoms with E-state index in [1.54, 1.807) is 81.3 Å². The van der Waals surface area contributed by atoms with Crippen LogP contribution in [0.3, 0.4) is 0 Å². The molecule has 6 aromatic heterocycles. The maximum Gasteiger partial charge on any atom is 0.229 e. The van der Waals surface area contributed by atoms with Crippen molar-refractivity contribution in [3.63, 3.8) is 0 Å². The molecule has 3 saturated heterocycles. The number of nitrogens with zero attached hydrogens (tertiary/aromatic N) is 15. The summed E-state index contributed by atoms with van der Waals surface area (Å²) >= 11 is 19.3. The van der Waals surface area contributed by atoms with Gasteiger partial charge < -0.3 is 61.4 Å². The van der Waals surface area contributed by atoms with E-state index in [2.05, 4.69) is 191 Å². The van der Waals surface area contributed by atoms with Gasteiger partial charge in [0.2, 0.25) is 62.4 Å². The van der Waals surface area contributed by atoms with Crippen LogP contribution in [-0.2, 0) is 50.7 Å². The number of hydrogen-bond acceptors (Lipinski definition) is 30. The number of aliphatic hydroxyl groups excluding tert-OH is 3. The zero-order valence-corrected chi connectivity index (χ0v) is 83.8. The van der Waals surface area contributed by atoms with Gasteiger partial charge in [0.15, 0.2) is 17.5 Å². The summed E-state index contributed by atoms with van der Waals surface area (Å²) in [6.07, 6.45) is 22.0. The summed E-state index contributed by atoms with van der Waals surface area (Å²) in [6, 6.07) is 12.7. The highest BCUT2D eigenvalue weighted by Gasteiger charge is 2.38. The third-order valence-electron chi connectivity index (χ3n) is 25.4. The number of anilines is 12. The predicted octanol–water partition coefficient (Wildman–Crippen LogP) is 17.0. The number of aromatic nitrogens is 12. The monoisotopic (exact) mass is 1920 g/mol. The summed E-state index contributed by atoms with van der Waals surface area (Å²) in [5.41, 5.74) is 9.54. The molecule has 33 nitrogen and oxygen atoms in total. The predicted molar refractivity (Wildman–Crippen MR) is 517 cm³/mol. The Bertz CT molecular complexity index is 5870. The maximum atomic E-state index is 12.9. The largest absolute Gasteiger partial charge is 0.489 e. The standard InChI is InChI=1S/2C31H44ClN7O4S.C30H44ClN7O4S/c1-19(2)44(41,42)29-26(17-38(6)37-29)34-28-24(32)15-33-30(36-28)35-25-13-20(3)23(14-27(25)43-22-10-7-11-22)21-9-8-12-39(16-21)31(4,5)18-40;1-19(2)44(41,42)29-26(17-38(6)37-29)34-28-24(32)16-33-30(36-28)35-25-14-20(3)23(15-27(25)43-22-8-7-9-22)21-10-12-39(13-11-21)31(4,5)18-40;1-18(2)42-26-14-22(21-9-11-38(12-10-21)30(6,7)17-39)20(5)13-24(26)34-29-32-15-23(31)27(35-29)33-25-16-37(8)36-28(25)43(40,41)19(3)4/h13-15,17,19,21-22,40H,7-12,16,18H2,1-6H3,(H2,33,34,35,36);14-17,19,21-22,40H,7-13,18H2,1-6H3,(H2,33,34,35,36);13-16,18-19,21,39H,9-12,17H2,1-8H3,(H2,32,33,34,35). The van der Waals surface area contributed by atoms with Gasteiger partial charge in [-0.1, -0.05) is 34.8 Å². The van der Waals surface area contributed by atoms with Crippen LogP contribution in [0.2, 0.25) is 15.1 Å². The van der Waals surface area contributed by atoms with E-state index in [9.17, 15) is 40.6 Å². The van der Waals surface area contributed by atoms with E-state index < -0.39 is 45.3 Å². The Balaban J connectivity index is 0.000000178. The van der Waals surface area contributed by atoms with Crippen molar-refractivity contribution < 1.29 is 54.8 Å². The molecule has 0 radical (unpaired) electrons. The first kappa shape index (κ1) is 101. The van der Waals surface area contributed by atoms with E-state index in [4.69, 9.17) is 49.0 Å². The van der Waals surface area contributed by atoms with E-state index in [0.29, 0.717) is 35.1 Å². The fourth-order valence-corrected chi connectivity index (χ4v) is 20.2. The van der Waals surface area contributed by atoms with Crippen LogP contribution in [-0.4, -0.2) is 224 Å². The minimum Gasteiger partial charge on any atom is -0.489 e. The number of aryl methyl sites for hydroxylation is 6. The fourth-order valence-electron chi connectivity index (χ4n) is 16.5. The molecule has 0 bridgehead atoms. The Morgan fingerprint density at radius 3 is 1.01 bits per heavy atom. The van der Waals surface area contributed by atoms with E-state index in [1.807, 2.05) is 13.8 Å². The van der Waals surface area contributed by atoms with E-state index in [0.717, 1.165) is 156 Å². The third kappa shape index (κ3) is 24.1. The van der Waals surface area contributed by atoms with Gasteiger partial charge in [-0.15, -0.1) is 0 Å². The number of hydrogen-bond donors (Lipinski definition) is 9. The molecule has 9 heterocycles. The van der Waals surface area contributed by atoms with Gasteiger partial charge in [0.1, 0.15) is 32.3 Å². The molecule has 2 saturated carbocycles. The molecule has 3 aromatic carbocycles. The minimum absolute atomic E-state index is 0.0569. The van der Waals surface area contributed by atoms with E-state index in [1.165, 1.54) is 49.3 Å². The minimum atomic E-state index is -3.65. The van der Waals surface area contributed by atoms with E-state index in [-0.39, 0.29) is 131 Å². The van der Waals surface area contributed by atoms with Gasteiger partial charge >= 0.3 is 0 Å². The lowest BCUT2D eigenvalue weighted by Crippen LogP contribution is -2.50. The van der Waals surface area contributed by atoms with Crippen molar-refractivity contribution in [2.45, 2.75) is 278 Å². The maximum absolute atomic E-state index is 12.9. The van der Waals surface area contributed by atoms with Crippen LogP contribution in [0.4, 0.5) is 69.4 Å². The third-order valence-corrected chi connectivity index (χ3v) is 32.5. The molecule has 1 unspecified atom stereocenters. The van der Waals surface area contributed by atoms with Gasteiger partial charge in [-0.25, -0.2) is 40.2 Å². The Kier molecular flexibility index (Phi) is 32.4. The van der Waals surface area contributed by atoms with Crippen molar-refractivity contribution in [1.82, 2.24) is 73.9 Å². The lowest BCUT2D eigenvalue weighted by Gasteiger charge is -2.43. The molecule has 1 atom stereocenters. The van der Waals surface area contributed by atoms with Gasteiger partial charge in [0, 0.05) is 62.9 Å². The van der Waals surface area contributed by atoms with Crippen LogP contribution in [0.5, 0.6) is 17.2 Å². The first-order valence-electron chi connectivity index (χ1n) is 45.2. The first-order valence-corrected chi connectivity index (χ1v) is 51.0. The number of rotatable bonds is 33. The smallest absolute Gasteiger partial charge is 0.229 e. The topological polar surface area (TPSA) is 403 Å². The van der Waals surface area contributed by atoms with Crippen LogP contribution >= 0.6 is 34.8 Å². The normalized spacial score (nSPS) is 16.9. The van der Waals surface area contributed by atoms with Gasteiger partial charge in [-0.2, -0.15) is 30.2 Å². The van der Waals surface area contributed by atoms with Gasteiger partial charge in [0.05, 0.1) is 107 Å². The average Bonchev–Trinajstić information content (AvgIpc) is 1.58. The molecular weight excluding hydrogens is 1790 g/mol. The average molecular weight is 1930 g/mol. The molecule has 716 valence electrons. The lowest BCUT2D eigenvalue weighted by atomic mass is 9.85. The SMILES string of the molecule is Cc1cc(Nc2ncc(Cl)c(Nc3cn(C)nc3S(=O)(=O)C(C)C)n2)c(OC(C)C)cc1C1CCN(C(C)(C)CO)CC1.Cc1cc(Nc2ncc(Cl)c(Nc3cn(C)nc3S(=O)(=O)C(C)C)n2)c(OC2CCC2)cc1C1CCCN(C(C)(C)CO)C1.Cc1cc(Nc2ncc(Cl)c(Nc3cn(C)nc3S(=O)(=O)C(C)C)n2)c(OC2CCC2)cc1C1CCN(C(C)(C)CO)CC1. The van der Waals surface area contributed by atoms with Crippen LogP contribution in [0.25, 0.3) is 0 Å². The molecule has 9 N–H and O–H groups in total. The Labute approximate surface area is 786 Å². The number of sulfone groups is 3. The summed E-state index contributed by atoms with van der Waals surface area (Å²) in [7, 11) is -5.98. The van der Waals surface area contributed by atoms with Crippen molar-refractivity contribution in [2.75, 3.05) is 91.0 Å². The van der Waals surface area contributed by atoms with E-state index >= 15 is 0 Å². The van der Waals surface area contributed by atoms with Gasteiger partial charge in [-0.05, 0) is 315 Å². The zero-order chi connectivity index (χ0) is 95.3. The second kappa shape index (κ2) is 42.0. The van der Waals surface area contributed by atoms with Crippen molar-refractivity contribution in [2.24, 2.45) is 21.1 Å². The van der Waals surface area contributed by atoms with Crippen molar-refractivity contribution >= 4 is 134 Å². The highest BCUT2D eigenvalue weighted by Crippen LogP contribution is 2.46. The zero-order valence-electron chi connectivity index (χ0n) is 79.1. The number of likely N-dealkylation sites (tertiary alicyclic amines) is 3. The number of halogens is 3. The Hall–Kier alpha value is -8.79. The molecule has 5 fully saturated rings. The molecule has 2 aliphatic carbocycles. The molecule has 5 aliphatic rings. The van der Waals surface area contributed by atoms with Crippen molar-refractivity contribution in [3.05, 3.63) is 122 Å². The van der Waals surface area contributed by atoms with Crippen LogP contribution in [0.15, 0.2) is 88.7 Å². The summed E-state index contributed by atoms with van der Waals surface area (Å²) in [4.78, 5) is 34.0. The molecule has 131 heavy (non-hydrogen) atoms. The quantitative estimate of drug-likeness (QED) is 0.0184. The highest BCUT2D eigenvalue weighted by molar-refractivity contribution is 7.92. The number of nitrogens with one attached hydrogen (secondary N) is 6. The molecule has 9 aromatic rings. The Morgan fingerprint density at radius 2 is 0.710 bits per heavy atom. The number of benzene rings is 3. The summed E-state index contributed by atoms with van der Waals surface area (Å²) in [5, 5.41) is 59.8. The molecular formula is C92H132Cl3N21O12S3. The second-order valence-corrected chi connectivity index (χ2v) is 46.6. The molecule has 14 rings (SSSR count). The molecule has 0 spiro atoms. The Morgan fingerprint density at radius 1 is 0.405 bits per heavy atom. The molecule has 0 amide bonds. The highest BCUT2D eigenvalue weighted by atomic mass is 35.5. The van der Waals surface area contributed by atoms with Crippen LogP contribution in [0.1, 0.15) is 225 Å². The van der Waals surface area contributed by atoms with Crippen molar-refractivity contribution in [3.8, 4) is 17.2 Å². The number of ether oxygens (including phenoxy) is 3. The second-order valence-electron chi connectivity index (χ2n) is 38.1. The van der Waals surface area contributed by atoms with Crippen molar-refractivity contribution in [1.29, 1.82) is 0 Å². The first-order chi connectivity index (χ1) is 61.7. The van der Waals surface area contributed by atoms with Gasteiger partial charge in [-0.3, -0.25) is 28.7 Å². The summed E-state index contributed by atoms with van der Waals surface area (Å²) < 4.78 is 101. The number of aliphatic hydroxyl groups is 3. The molecule has 3 aliphatic heterocycles. The van der Waals surface area contributed by atoms with Crippen LogP contribution in [0, 0.1) is 20.8 Å². The number of piperidine rings is 3. The van der Waals surface area contributed by atoms with Gasteiger partial charge in [0.25, 0.3) is 0 Å².